The van der Waals surface area contributed by atoms with Gasteiger partial charge in [0.05, 0.1) is 25.5 Å². The molecule has 0 fully saturated rings. The minimum Gasteiger partial charge on any atom is -0.497 e. The van der Waals surface area contributed by atoms with Crippen LogP contribution in [0.3, 0.4) is 0 Å². The van der Waals surface area contributed by atoms with Gasteiger partial charge in [-0.25, -0.2) is 4.68 Å². The third-order valence-electron chi connectivity index (χ3n) is 2.62. The van der Waals surface area contributed by atoms with Crippen LogP contribution >= 0.6 is 0 Å². The highest BCUT2D eigenvalue weighted by Crippen LogP contribution is 2.13. The minimum atomic E-state index is 0.705. The highest BCUT2D eigenvalue weighted by Gasteiger charge is 2.02. The van der Waals surface area contributed by atoms with Crippen LogP contribution in [0.15, 0.2) is 30.5 Å². The molecule has 2 aromatic rings. The SMILES string of the molecule is CCNCc1cn(Cc2cccc(OC)c2)nn1. The Hall–Kier alpha value is -1.88. The maximum absolute atomic E-state index is 5.20. The molecule has 0 aliphatic carbocycles. The molecule has 0 saturated heterocycles. The number of ether oxygens (including phenoxy) is 1. The minimum absolute atomic E-state index is 0.705. The lowest BCUT2D eigenvalue weighted by atomic mass is 10.2. The molecule has 0 atom stereocenters. The first-order chi connectivity index (χ1) is 8.81. The third kappa shape index (κ3) is 3.30. The molecule has 0 bridgehead atoms. The van der Waals surface area contributed by atoms with Crippen LogP contribution in [0.25, 0.3) is 0 Å². The largest absolute Gasteiger partial charge is 0.497 e. The van der Waals surface area contributed by atoms with Crippen molar-refractivity contribution >= 4 is 0 Å². The third-order valence-corrected chi connectivity index (χ3v) is 2.62. The van der Waals surface area contributed by atoms with Crippen molar-refractivity contribution in [1.82, 2.24) is 20.3 Å². The smallest absolute Gasteiger partial charge is 0.119 e. The molecule has 0 amide bonds. The molecule has 0 aliphatic rings. The summed E-state index contributed by atoms with van der Waals surface area (Å²) in [4.78, 5) is 0. The number of benzene rings is 1. The standard InChI is InChI=1S/C13H18N4O/c1-3-14-8-12-10-17(16-15-12)9-11-5-4-6-13(7-11)18-2/h4-7,10,14H,3,8-9H2,1-2H3. The van der Waals surface area contributed by atoms with Crippen LogP contribution in [0.5, 0.6) is 5.75 Å². The van der Waals surface area contributed by atoms with Crippen LogP contribution in [0.1, 0.15) is 18.2 Å². The van der Waals surface area contributed by atoms with E-state index in [0.29, 0.717) is 6.54 Å². The molecule has 2 rings (SSSR count). The Kier molecular flexibility index (Phi) is 4.30. The van der Waals surface area contributed by atoms with Gasteiger partial charge >= 0.3 is 0 Å². The summed E-state index contributed by atoms with van der Waals surface area (Å²) in [5.41, 5.74) is 2.11. The van der Waals surface area contributed by atoms with Crippen LogP contribution in [0.2, 0.25) is 0 Å². The average molecular weight is 246 g/mol. The summed E-state index contributed by atoms with van der Waals surface area (Å²) >= 11 is 0. The topological polar surface area (TPSA) is 52.0 Å². The van der Waals surface area contributed by atoms with Gasteiger partial charge in [-0.15, -0.1) is 5.10 Å². The van der Waals surface area contributed by atoms with E-state index in [0.717, 1.165) is 30.1 Å². The average Bonchev–Trinajstić information content (AvgIpc) is 2.84. The lowest BCUT2D eigenvalue weighted by Crippen LogP contribution is -2.11. The van der Waals surface area contributed by atoms with Crippen LogP contribution in [-0.2, 0) is 13.1 Å². The molecule has 0 radical (unpaired) electrons. The van der Waals surface area contributed by atoms with Crippen LogP contribution in [0.4, 0.5) is 0 Å². The number of hydrogen-bond donors (Lipinski definition) is 1. The number of hydrogen-bond acceptors (Lipinski definition) is 4. The van der Waals surface area contributed by atoms with Gasteiger partial charge in [-0.2, -0.15) is 0 Å². The summed E-state index contributed by atoms with van der Waals surface area (Å²) < 4.78 is 7.03. The summed E-state index contributed by atoms with van der Waals surface area (Å²) in [5, 5.41) is 11.4. The molecule has 1 N–H and O–H groups in total. The van der Waals surface area contributed by atoms with Gasteiger partial charge in [0.25, 0.3) is 0 Å². The van der Waals surface area contributed by atoms with Gasteiger partial charge in [-0.1, -0.05) is 24.3 Å². The summed E-state index contributed by atoms with van der Waals surface area (Å²) in [6.07, 6.45) is 1.96. The predicted molar refractivity (Wildman–Crippen MR) is 69.5 cm³/mol. The molecular weight excluding hydrogens is 228 g/mol. The summed E-state index contributed by atoms with van der Waals surface area (Å²) in [6.45, 7) is 4.47. The second kappa shape index (κ2) is 6.16. The molecule has 0 saturated carbocycles. The quantitative estimate of drug-likeness (QED) is 0.838. The van der Waals surface area contributed by atoms with Crippen molar-refractivity contribution in [1.29, 1.82) is 0 Å². The molecule has 1 heterocycles. The van der Waals surface area contributed by atoms with E-state index in [-0.39, 0.29) is 0 Å². The Bertz CT molecular complexity index is 495. The van der Waals surface area contributed by atoms with Crippen molar-refractivity contribution in [3.8, 4) is 5.75 Å². The Morgan fingerprint density at radius 3 is 3.06 bits per heavy atom. The first-order valence-corrected chi connectivity index (χ1v) is 6.04. The van der Waals surface area contributed by atoms with E-state index in [9.17, 15) is 0 Å². The van der Waals surface area contributed by atoms with Gasteiger partial charge in [-0.3, -0.25) is 0 Å². The fourth-order valence-electron chi connectivity index (χ4n) is 1.71. The highest BCUT2D eigenvalue weighted by atomic mass is 16.5. The molecule has 1 aromatic carbocycles. The van der Waals surface area contributed by atoms with E-state index < -0.39 is 0 Å². The Morgan fingerprint density at radius 2 is 2.28 bits per heavy atom. The van der Waals surface area contributed by atoms with E-state index in [4.69, 9.17) is 4.74 Å². The number of aromatic nitrogens is 3. The van der Waals surface area contributed by atoms with Crippen LogP contribution in [-0.4, -0.2) is 28.6 Å². The molecule has 5 nitrogen and oxygen atoms in total. The van der Waals surface area contributed by atoms with Crippen molar-refractivity contribution in [2.24, 2.45) is 0 Å². The number of nitrogens with zero attached hydrogens (tertiary/aromatic N) is 3. The Morgan fingerprint density at radius 1 is 1.39 bits per heavy atom. The molecule has 0 unspecified atom stereocenters. The second-order valence-electron chi connectivity index (χ2n) is 4.04. The molecular formula is C13H18N4O. The zero-order valence-electron chi connectivity index (χ0n) is 10.8. The molecule has 1 aromatic heterocycles. The van der Waals surface area contributed by atoms with Crippen molar-refractivity contribution in [3.63, 3.8) is 0 Å². The van der Waals surface area contributed by atoms with Crippen molar-refractivity contribution in [3.05, 3.63) is 41.7 Å². The van der Waals surface area contributed by atoms with Gasteiger partial charge in [0.15, 0.2) is 0 Å². The predicted octanol–water partition coefficient (Wildman–Crippen LogP) is 1.44. The normalized spacial score (nSPS) is 10.6. The molecule has 5 heteroatoms. The Labute approximate surface area is 107 Å². The monoisotopic (exact) mass is 246 g/mol. The van der Waals surface area contributed by atoms with Gasteiger partial charge in [0.2, 0.25) is 0 Å². The van der Waals surface area contributed by atoms with Crippen molar-refractivity contribution < 1.29 is 4.74 Å². The fourth-order valence-corrected chi connectivity index (χ4v) is 1.71. The summed E-state index contributed by atoms with van der Waals surface area (Å²) in [6, 6.07) is 7.96. The maximum Gasteiger partial charge on any atom is 0.119 e. The molecule has 0 spiro atoms. The molecule has 96 valence electrons. The number of methoxy groups -OCH3 is 1. The number of nitrogens with one attached hydrogen (secondary N) is 1. The Balaban J connectivity index is 2.01. The van der Waals surface area contributed by atoms with Crippen molar-refractivity contribution in [2.45, 2.75) is 20.0 Å². The summed E-state index contributed by atoms with van der Waals surface area (Å²) in [5.74, 6) is 0.862. The van der Waals surface area contributed by atoms with E-state index in [1.807, 2.05) is 35.1 Å². The van der Waals surface area contributed by atoms with Gasteiger partial charge in [0.1, 0.15) is 5.75 Å². The van der Waals surface area contributed by atoms with Crippen LogP contribution < -0.4 is 10.1 Å². The number of rotatable bonds is 6. The first kappa shape index (κ1) is 12.6. The van der Waals surface area contributed by atoms with Crippen molar-refractivity contribution in [2.75, 3.05) is 13.7 Å². The van der Waals surface area contributed by atoms with Gasteiger partial charge in [-0.05, 0) is 24.2 Å². The van der Waals surface area contributed by atoms with E-state index >= 15 is 0 Å². The zero-order valence-corrected chi connectivity index (χ0v) is 10.8. The second-order valence-corrected chi connectivity index (χ2v) is 4.04. The fraction of sp³-hybridized carbons (Fsp3) is 0.385. The van der Waals surface area contributed by atoms with E-state index in [2.05, 4.69) is 22.6 Å². The van der Waals surface area contributed by atoms with Gasteiger partial charge in [0, 0.05) is 6.54 Å². The lowest BCUT2D eigenvalue weighted by molar-refractivity contribution is 0.414. The van der Waals surface area contributed by atoms with E-state index in [1.165, 1.54) is 0 Å². The van der Waals surface area contributed by atoms with E-state index in [1.54, 1.807) is 7.11 Å². The summed E-state index contributed by atoms with van der Waals surface area (Å²) in [7, 11) is 1.67. The highest BCUT2D eigenvalue weighted by molar-refractivity contribution is 5.28. The molecule has 0 aliphatic heterocycles. The molecule has 18 heavy (non-hydrogen) atoms. The van der Waals surface area contributed by atoms with Crippen LogP contribution in [0, 0.1) is 0 Å². The first-order valence-electron chi connectivity index (χ1n) is 6.04. The zero-order chi connectivity index (χ0) is 12.8. The lowest BCUT2D eigenvalue weighted by Gasteiger charge is -2.03. The van der Waals surface area contributed by atoms with Gasteiger partial charge < -0.3 is 10.1 Å². The maximum atomic E-state index is 5.20.